The molecule has 9 heteroatoms. The first kappa shape index (κ1) is 50.3. The monoisotopic (exact) mass is 720 g/mol. The van der Waals surface area contributed by atoms with E-state index in [0.29, 0.717) is 19.4 Å². The van der Waals surface area contributed by atoms with Gasteiger partial charge in [0.2, 0.25) is 0 Å². The molecule has 2 atom stereocenters. The van der Waals surface area contributed by atoms with Crippen molar-refractivity contribution >= 4 is 21.0 Å². The molecule has 0 saturated carbocycles. The fraction of sp³-hybridized carbons (Fsp3) is 0.950. The molecule has 0 aromatic rings. The molecule has 0 aliphatic heterocycles. The second-order valence-electron chi connectivity index (χ2n) is 15.0. The maximum absolute atomic E-state index is 12.6. The van der Waals surface area contributed by atoms with E-state index in [0.717, 1.165) is 36.7 Å². The van der Waals surface area contributed by atoms with Crippen LogP contribution in [0.3, 0.4) is 0 Å². The SMILES string of the molecule is CCCCCCCCCCCCCCCC(=O)OCC(COPOCC[N+](C)(C)C)OC(=O)CCCCCCCCCCCCCCC.[OH-]. The van der Waals surface area contributed by atoms with Crippen LogP contribution >= 0.6 is 9.03 Å². The van der Waals surface area contributed by atoms with Crippen molar-refractivity contribution in [3.05, 3.63) is 0 Å². The van der Waals surface area contributed by atoms with Gasteiger partial charge in [0.15, 0.2) is 15.1 Å². The smallest absolute Gasteiger partial charge is 0.306 e. The number of esters is 2. The summed E-state index contributed by atoms with van der Waals surface area (Å²) in [4.78, 5) is 25.0. The summed E-state index contributed by atoms with van der Waals surface area (Å²) in [6.07, 6.45) is 33.2. The second kappa shape index (κ2) is 38.4. The van der Waals surface area contributed by atoms with Crippen LogP contribution in [0, 0.1) is 0 Å². The molecular formula is C40H82NO7P. The molecule has 2 unspecified atom stereocenters. The van der Waals surface area contributed by atoms with Crippen molar-refractivity contribution in [3.63, 3.8) is 0 Å². The summed E-state index contributed by atoms with van der Waals surface area (Å²) in [5.74, 6) is -0.467. The molecule has 0 rings (SSSR count). The van der Waals surface area contributed by atoms with E-state index in [1.807, 2.05) is 0 Å². The van der Waals surface area contributed by atoms with Crippen LogP contribution in [0.1, 0.15) is 194 Å². The fourth-order valence-electron chi connectivity index (χ4n) is 5.72. The van der Waals surface area contributed by atoms with Crippen molar-refractivity contribution < 1.29 is 38.1 Å². The minimum atomic E-state index is -0.607. The lowest BCUT2D eigenvalue weighted by atomic mass is 10.0. The lowest BCUT2D eigenvalue weighted by Gasteiger charge is -2.23. The van der Waals surface area contributed by atoms with E-state index in [1.54, 1.807) is 0 Å². The quantitative estimate of drug-likeness (QED) is 0.0271. The summed E-state index contributed by atoms with van der Waals surface area (Å²) in [6.45, 7) is 6.21. The maximum Gasteiger partial charge on any atom is 0.306 e. The molecule has 0 aromatic heterocycles. The zero-order valence-corrected chi connectivity index (χ0v) is 34.0. The normalized spacial score (nSPS) is 12.3. The molecule has 0 aliphatic carbocycles. The van der Waals surface area contributed by atoms with Crippen LogP contribution in [0.4, 0.5) is 0 Å². The van der Waals surface area contributed by atoms with Gasteiger partial charge in [-0.05, 0) is 12.8 Å². The molecule has 294 valence electrons. The Bertz CT molecular complexity index is 705. The van der Waals surface area contributed by atoms with E-state index in [1.165, 1.54) is 141 Å². The Labute approximate surface area is 305 Å². The number of carbonyl (C=O) groups excluding carboxylic acids is 2. The lowest BCUT2D eigenvalue weighted by molar-refractivity contribution is -0.870. The number of hydrogen-bond donors (Lipinski definition) is 0. The molecule has 8 nitrogen and oxygen atoms in total. The average Bonchev–Trinajstić information content (AvgIpc) is 3.05. The average molecular weight is 720 g/mol. The van der Waals surface area contributed by atoms with Crippen LogP contribution in [0.25, 0.3) is 0 Å². The molecule has 0 saturated heterocycles. The van der Waals surface area contributed by atoms with Gasteiger partial charge >= 0.3 is 11.9 Å². The Morgan fingerprint density at radius 3 is 1.27 bits per heavy atom. The third kappa shape index (κ3) is 41.5. The van der Waals surface area contributed by atoms with Crippen molar-refractivity contribution in [2.24, 2.45) is 0 Å². The van der Waals surface area contributed by atoms with Gasteiger partial charge in [0.05, 0.1) is 27.7 Å². The van der Waals surface area contributed by atoms with Crippen LogP contribution in [0.5, 0.6) is 0 Å². The lowest BCUT2D eigenvalue weighted by Crippen LogP contribution is -2.37. The van der Waals surface area contributed by atoms with Crippen molar-refractivity contribution in [1.82, 2.24) is 0 Å². The van der Waals surface area contributed by atoms with Crippen molar-refractivity contribution in [2.75, 3.05) is 47.5 Å². The van der Waals surface area contributed by atoms with Gasteiger partial charge in [-0.1, -0.05) is 168 Å². The summed E-state index contributed by atoms with van der Waals surface area (Å²) in [6, 6.07) is 0. The fourth-order valence-corrected chi connectivity index (χ4v) is 6.23. The first-order valence-electron chi connectivity index (χ1n) is 20.4. The van der Waals surface area contributed by atoms with E-state index in [2.05, 4.69) is 35.0 Å². The summed E-state index contributed by atoms with van der Waals surface area (Å²) in [7, 11) is 6.22. The molecule has 0 spiro atoms. The first-order chi connectivity index (χ1) is 23.3. The van der Waals surface area contributed by atoms with E-state index >= 15 is 0 Å². The number of quaternary nitrogens is 1. The molecule has 0 aliphatic rings. The molecular weight excluding hydrogens is 637 g/mol. The third-order valence-electron chi connectivity index (χ3n) is 8.95. The summed E-state index contributed by atoms with van der Waals surface area (Å²) < 4.78 is 23.3. The predicted octanol–water partition coefficient (Wildman–Crippen LogP) is 11.5. The first-order valence-corrected chi connectivity index (χ1v) is 21.2. The predicted molar refractivity (Wildman–Crippen MR) is 207 cm³/mol. The van der Waals surface area contributed by atoms with Gasteiger partial charge in [-0.25, -0.2) is 0 Å². The van der Waals surface area contributed by atoms with Crippen molar-refractivity contribution in [3.8, 4) is 0 Å². The number of hydrogen-bond acceptors (Lipinski definition) is 7. The molecule has 1 N–H and O–H groups in total. The number of nitrogens with zero attached hydrogens (tertiary/aromatic N) is 1. The summed E-state index contributed by atoms with van der Waals surface area (Å²) >= 11 is 0. The minimum Gasteiger partial charge on any atom is -0.870 e. The molecule has 0 aromatic carbocycles. The maximum atomic E-state index is 12.6. The molecule has 0 bridgehead atoms. The molecule has 49 heavy (non-hydrogen) atoms. The van der Waals surface area contributed by atoms with E-state index in [-0.39, 0.29) is 39.7 Å². The van der Waals surface area contributed by atoms with Gasteiger partial charge in [-0.2, -0.15) is 0 Å². The molecule has 0 heterocycles. The molecule has 0 fully saturated rings. The van der Waals surface area contributed by atoms with Crippen LogP contribution in [-0.2, 0) is 28.1 Å². The Kier molecular flexibility index (Phi) is 39.5. The van der Waals surface area contributed by atoms with Gasteiger partial charge in [-0.3, -0.25) is 9.59 Å². The number of likely N-dealkylation sites (N-methyl/N-ethyl adjacent to an activating group) is 1. The van der Waals surface area contributed by atoms with Crippen molar-refractivity contribution in [2.45, 2.75) is 200 Å². The highest BCUT2D eigenvalue weighted by atomic mass is 31.1. The van der Waals surface area contributed by atoms with Gasteiger partial charge in [0.25, 0.3) is 0 Å². The standard InChI is InChI=1S/C40H81NO6P.H2O/c1-6-8-10-12-14-16-18-20-22-24-26-28-30-32-39(42)44-36-38(37-46-48-45-35-34-41(3,4)5)47-40(43)33-31-29-27-25-23-21-19-17-15-13-11-9-7-2;/h38,48H,6-37H2,1-5H3;1H2/q+1;/p-1. The Balaban J connectivity index is 0. The highest BCUT2D eigenvalue weighted by Gasteiger charge is 2.18. The topological polar surface area (TPSA) is 101 Å². The van der Waals surface area contributed by atoms with E-state index in [9.17, 15) is 9.59 Å². The summed E-state index contributed by atoms with van der Waals surface area (Å²) in [5.41, 5.74) is 0. The Hall–Kier alpha value is -0.790. The number of rotatable bonds is 38. The Morgan fingerprint density at radius 2 is 0.878 bits per heavy atom. The van der Waals surface area contributed by atoms with Gasteiger partial charge in [0.1, 0.15) is 19.8 Å². The van der Waals surface area contributed by atoms with Crippen molar-refractivity contribution in [1.29, 1.82) is 0 Å². The van der Waals surface area contributed by atoms with Gasteiger partial charge < -0.3 is 28.5 Å². The largest absolute Gasteiger partial charge is 0.870 e. The van der Waals surface area contributed by atoms with Crippen LogP contribution in [-0.4, -0.2) is 75.5 Å². The molecule has 0 radical (unpaired) electrons. The summed E-state index contributed by atoms with van der Waals surface area (Å²) in [5, 5.41) is 0. The highest BCUT2D eigenvalue weighted by Crippen LogP contribution is 2.17. The zero-order chi connectivity index (χ0) is 35.4. The van der Waals surface area contributed by atoms with Gasteiger partial charge in [0, 0.05) is 12.8 Å². The number of ether oxygens (including phenoxy) is 2. The van der Waals surface area contributed by atoms with Crippen LogP contribution in [0.2, 0.25) is 0 Å². The van der Waals surface area contributed by atoms with Crippen LogP contribution in [0.15, 0.2) is 0 Å². The second-order valence-corrected chi connectivity index (χ2v) is 15.8. The van der Waals surface area contributed by atoms with E-state index < -0.39 is 6.10 Å². The third-order valence-corrected chi connectivity index (χ3v) is 9.55. The number of carbonyl (C=O) groups is 2. The molecule has 0 amide bonds. The highest BCUT2D eigenvalue weighted by molar-refractivity contribution is 7.26. The number of unbranched alkanes of at least 4 members (excludes halogenated alkanes) is 24. The Morgan fingerprint density at radius 1 is 0.510 bits per heavy atom. The zero-order valence-electron chi connectivity index (χ0n) is 33.0. The van der Waals surface area contributed by atoms with Gasteiger partial charge in [-0.15, -0.1) is 0 Å². The minimum absolute atomic E-state index is 0. The van der Waals surface area contributed by atoms with E-state index in [4.69, 9.17) is 18.5 Å². The van der Waals surface area contributed by atoms with Crippen LogP contribution < -0.4 is 0 Å².